The maximum Gasteiger partial charge on any atom is 0.164 e. The molecule has 0 aliphatic carbocycles. The van der Waals surface area contributed by atoms with Crippen molar-refractivity contribution in [3.8, 4) is 45.5 Å². The maximum atomic E-state index is 6.43. The Balaban J connectivity index is 1.12. The van der Waals surface area contributed by atoms with E-state index in [9.17, 15) is 0 Å². The molecular weight excluding hydrogens is 699 g/mol. The zero-order valence-corrected chi connectivity index (χ0v) is 30.5. The topological polar surface area (TPSA) is 61.7 Å². The summed E-state index contributed by atoms with van der Waals surface area (Å²) < 4.78 is 11.2. The van der Waals surface area contributed by atoms with Gasteiger partial charge in [0.15, 0.2) is 17.5 Å². The fraction of sp³-hybridized carbons (Fsp3) is 0. The van der Waals surface area contributed by atoms with Gasteiger partial charge in [0.1, 0.15) is 11.2 Å². The van der Waals surface area contributed by atoms with E-state index in [1.165, 1.54) is 21.5 Å². The van der Waals surface area contributed by atoms with Crippen LogP contribution in [0.15, 0.2) is 192 Å². The van der Waals surface area contributed by atoms with Gasteiger partial charge in [0.05, 0.1) is 22.1 Å². The lowest BCUT2D eigenvalue weighted by molar-refractivity contribution is 0.669. The van der Waals surface area contributed by atoms with Crippen LogP contribution in [-0.2, 0) is 0 Å². The molecule has 0 saturated carbocycles. The monoisotopic (exact) mass is 729 g/mol. The van der Waals surface area contributed by atoms with Crippen molar-refractivity contribution in [2.45, 2.75) is 0 Å². The fourth-order valence-corrected chi connectivity index (χ4v) is 8.55. The number of hydrogen-bond donors (Lipinski definition) is 0. The smallest absolute Gasteiger partial charge is 0.164 e. The van der Waals surface area contributed by atoms with Gasteiger partial charge < -0.3 is 13.6 Å². The van der Waals surface area contributed by atoms with Crippen LogP contribution < -0.4 is 0 Å². The van der Waals surface area contributed by atoms with Crippen LogP contribution in [0.1, 0.15) is 0 Å². The summed E-state index contributed by atoms with van der Waals surface area (Å²) in [5.74, 6) is 1.90. The molecule has 0 spiro atoms. The molecule has 8 aromatic carbocycles. The van der Waals surface area contributed by atoms with Crippen molar-refractivity contribution < 1.29 is 4.42 Å². The first-order valence-electron chi connectivity index (χ1n) is 19.1. The average Bonchev–Trinajstić information content (AvgIpc) is 3.92. The third kappa shape index (κ3) is 4.94. The number of fused-ring (bicyclic) bond motifs is 9. The minimum atomic E-state index is 0.620. The zero-order chi connectivity index (χ0) is 37.5. The lowest BCUT2D eigenvalue weighted by atomic mass is 10.1. The van der Waals surface area contributed by atoms with Gasteiger partial charge in [-0.1, -0.05) is 127 Å². The molecular formula is C51H31N5O. The largest absolute Gasteiger partial charge is 0.456 e. The van der Waals surface area contributed by atoms with E-state index < -0.39 is 0 Å². The number of aromatic nitrogens is 5. The molecule has 266 valence electrons. The molecule has 0 fully saturated rings. The molecule has 0 aliphatic heterocycles. The van der Waals surface area contributed by atoms with E-state index in [-0.39, 0.29) is 0 Å². The number of para-hydroxylation sites is 3. The normalized spacial score (nSPS) is 11.9. The first-order chi connectivity index (χ1) is 28.2. The Morgan fingerprint density at radius 1 is 0.298 bits per heavy atom. The first-order valence-corrected chi connectivity index (χ1v) is 19.1. The number of hydrogen-bond acceptors (Lipinski definition) is 4. The molecule has 4 heterocycles. The summed E-state index contributed by atoms with van der Waals surface area (Å²) in [6.45, 7) is 0. The van der Waals surface area contributed by atoms with Gasteiger partial charge >= 0.3 is 0 Å². The second kappa shape index (κ2) is 12.3. The van der Waals surface area contributed by atoms with Crippen LogP contribution >= 0.6 is 0 Å². The van der Waals surface area contributed by atoms with Crippen LogP contribution in [0.4, 0.5) is 0 Å². The number of nitrogens with zero attached hydrogens (tertiary/aromatic N) is 5. The van der Waals surface area contributed by atoms with E-state index >= 15 is 0 Å². The molecule has 6 nitrogen and oxygen atoms in total. The van der Waals surface area contributed by atoms with Gasteiger partial charge in [-0.3, -0.25) is 0 Å². The SMILES string of the molecule is c1ccc(-c2nc(-c3ccccc3)nc(-c3cccc(-n4c5ccccc5c5cc6c(cc54)c4cc5c(cc4n6-c4ccccc4)oc4ccccc45)c3)n2)cc1. The summed E-state index contributed by atoms with van der Waals surface area (Å²) in [4.78, 5) is 15.0. The molecule has 0 atom stereocenters. The average molecular weight is 730 g/mol. The van der Waals surface area contributed by atoms with Crippen molar-refractivity contribution in [2.75, 3.05) is 0 Å². The highest BCUT2D eigenvalue weighted by molar-refractivity contribution is 6.22. The van der Waals surface area contributed by atoms with Crippen LogP contribution in [0.3, 0.4) is 0 Å². The first kappa shape index (κ1) is 31.5. The number of furan rings is 1. The molecule has 0 N–H and O–H groups in total. The van der Waals surface area contributed by atoms with E-state index in [0.717, 1.165) is 72.1 Å². The second-order valence-corrected chi connectivity index (χ2v) is 14.5. The summed E-state index contributed by atoms with van der Waals surface area (Å²) >= 11 is 0. The molecule has 57 heavy (non-hydrogen) atoms. The van der Waals surface area contributed by atoms with Gasteiger partial charge in [0, 0.05) is 66.4 Å². The Labute approximate surface area is 326 Å². The molecule has 4 aromatic heterocycles. The van der Waals surface area contributed by atoms with Gasteiger partial charge in [0.25, 0.3) is 0 Å². The standard InChI is InChI=1S/C51H31N5O/c1-4-15-32(16-5-1)49-52-50(33-17-6-2-7-18-33)54-51(53-49)34-19-14-22-36(27-34)56-43-25-12-10-23-37(43)40-29-45-41(30-44(40)56)39-28-42-38-24-11-13-26-47(38)57-48(42)31-46(39)55(45)35-20-8-3-9-21-35/h1-31H. The second-order valence-electron chi connectivity index (χ2n) is 14.5. The Morgan fingerprint density at radius 2 is 0.789 bits per heavy atom. The fourth-order valence-electron chi connectivity index (χ4n) is 8.55. The van der Waals surface area contributed by atoms with Crippen LogP contribution in [0.25, 0.3) is 111 Å². The third-order valence-corrected chi connectivity index (χ3v) is 11.1. The highest BCUT2D eigenvalue weighted by Gasteiger charge is 2.21. The van der Waals surface area contributed by atoms with Gasteiger partial charge in [-0.2, -0.15) is 0 Å². The molecule has 6 heteroatoms. The van der Waals surface area contributed by atoms with Gasteiger partial charge in [0.2, 0.25) is 0 Å². The quantitative estimate of drug-likeness (QED) is 0.177. The van der Waals surface area contributed by atoms with E-state index in [0.29, 0.717) is 17.5 Å². The highest BCUT2D eigenvalue weighted by Crippen LogP contribution is 2.42. The number of benzene rings is 8. The third-order valence-electron chi connectivity index (χ3n) is 11.1. The van der Waals surface area contributed by atoms with Crippen molar-refractivity contribution in [2.24, 2.45) is 0 Å². The summed E-state index contributed by atoms with van der Waals surface area (Å²) in [5, 5.41) is 6.93. The van der Waals surface area contributed by atoms with E-state index in [1.54, 1.807) is 0 Å². The summed E-state index contributed by atoms with van der Waals surface area (Å²) in [6, 6.07) is 65.6. The van der Waals surface area contributed by atoms with Gasteiger partial charge in [-0.25, -0.2) is 15.0 Å². The molecule has 0 radical (unpaired) electrons. The van der Waals surface area contributed by atoms with Crippen molar-refractivity contribution in [1.29, 1.82) is 0 Å². The molecule has 0 amide bonds. The van der Waals surface area contributed by atoms with E-state index in [4.69, 9.17) is 19.4 Å². The van der Waals surface area contributed by atoms with E-state index in [1.807, 2.05) is 72.8 Å². The van der Waals surface area contributed by atoms with E-state index in [2.05, 4.69) is 124 Å². The zero-order valence-electron chi connectivity index (χ0n) is 30.5. The molecule has 12 rings (SSSR count). The highest BCUT2D eigenvalue weighted by atomic mass is 16.3. The molecule has 12 aromatic rings. The predicted octanol–water partition coefficient (Wildman–Crippen LogP) is 13.0. The predicted molar refractivity (Wildman–Crippen MR) is 232 cm³/mol. The lowest BCUT2D eigenvalue weighted by Crippen LogP contribution is -2.01. The Bertz CT molecular complexity index is 3450. The lowest BCUT2D eigenvalue weighted by Gasteiger charge is -2.12. The summed E-state index contributed by atoms with van der Waals surface area (Å²) in [6.07, 6.45) is 0. The number of rotatable bonds is 5. The minimum Gasteiger partial charge on any atom is -0.456 e. The summed E-state index contributed by atoms with van der Waals surface area (Å²) in [7, 11) is 0. The van der Waals surface area contributed by atoms with Crippen molar-refractivity contribution in [3.05, 3.63) is 188 Å². The minimum absolute atomic E-state index is 0.620. The van der Waals surface area contributed by atoms with Crippen LogP contribution in [-0.4, -0.2) is 24.1 Å². The Kier molecular flexibility index (Phi) is 6.83. The maximum absolute atomic E-state index is 6.43. The van der Waals surface area contributed by atoms with Gasteiger partial charge in [-0.15, -0.1) is 0 Å². The van der Waals surface area contributed by atoms with Crippen molar-refractivity contribution in [3.63, 3.8) is 0 Å². The van der Waals surface area contributed by atoms with Crippen LogP contribution in [0.5, 0.6) is 0 Å². The summed E-state index contributed by atoms with van der Waals surface area (Å²) in [5.41, 5.74) is 11.2. The molecule has 0 saturated heterocycles. The Hall–Kier alpha value is -7.83. The molecule has 0 bridgehead atoms. The van der Waals surface area contributed by atoms with Crippen LogP contribution in [0.2, 0.25) is 0 Å². The van der Waals surface area contributed by atoms with Crippen LogP contribution in [0, 0.1) is 0 Å². The van der Waals surface area contributed by atoms with Crippen molar-refractivity contribution in [1.82, 2.24) is 24.1 Å². The van der Waals surface area contributed by atoms with Crippen molar-refractivity contribution >= 4 is 65.6 Å². The molecule has 0 aliphatic rings. The molecule has 0 unspecified atom stereocenters. The van der Waals surface area contributed by atoms with Gasteiger partial charge in [-0.05, 0) is 54.6 Å². The Morgan fingerprint density at radius 3 is 1.49 bits per heavy atom.